The smallest absolute Gasteiger partial charge is 0.257 e. The summed E-state index contributed by atoms with van der Waals surface area (Å²) in [6, 6.07) is 9.55. The van der Waals surface area contributed by atoms with Gasteiger partial charge in [0.2, 0.25) is 0 Å². The van der Waals surface area contributed by atoms with E-state index in [1.54, 1.807) is 24.3 Å². The van der Waals surface area contributed by atoms with Crippen molar-refractivity contribution < 1.29 is 13.9 Å². The number of amides is 1. The number of piperazine rings is 1. The number of nitrogens with zero attached hydrogens (tertiary/aromatic N) is 3. The van der Waals surface area contributed by atoms with Crippen molar-refractivity contribution in [3.8, 4) is 5.75 Å². The summed E-state index contributed by atoms with van der Waals surface area (Å²) < 4.78 is 19.7. The van der Waals surface area contributed by atoms with Crippen LogP contribution >= 0.6 is 34.5 Å². The molecule has 3 aromatic rings. The zero-order valence-electron chi connectivity index (χ0n) is 16.6. The maximum atomic E-state index is 13.4. The summed E-state index contributed by atoms with van der Waals surface area (Å²) in [5.74, 6) is -0.0162. The summed E-state index contributed by atoms with van der Waals surface area (Å²) >= 11 is 13.4. The van der Waals surface area contributed by atoms with Crippen LogP contribution in [0.4, 0.5) is 9.52 Å². The van der Waals surface area contributed by atoms with Crippen molar-refractivity contribution >= 4 is 55.8 Å². The molecule has 4 rings (SSSR count). The number of carbonyl (C=O) groups is 1. The number of hydrogen-bond acceptors (Lipinski definition) is 6. The first-order valence-electron chi connectivity index (χ1n) is 9.86. The van der Waals surface area contributed by atoms with Crippen molar-refractivity contribution in [3.05, 3.63) is 52.3 Å². The normalized spacial score (nSPS) is 14.7. The van der Waals surface area contributed by atoms with Crippen LogP contribution in [0.5, 0.6) is 5.75 Å². The fourth-order valence-electron chi connectivity index (χ4n) is 3.32. The van der Waals surface area contributed by atoms with Gasteiger partial charge < -0.3 is 15.0 Å². The average molecular weight is 483 g/mol. The Balaban J connectivity index is 1.17. The van der Waals surface area contributed by atoms with E-state index >= 15 is 0 Å². The van der Waals surface area contributed by atoms with Gasteiger partial charge in [-0.05, 0) is 36.4 Å². The summed E-state index contributed by atoms with van der Waals surface area (Å²) in [5.41, 5.74) is 0.827. The molecule has 1 aliphatic heterocycles. The van der Waals surface area contributed by atoms with Gasteiger partial charge in [0.05, 0.1) is 15.2 Å². The highest BCUT2D eigenvalue weighted by Crippen LogP contribution is 2.30. The molecule has 0 atom stereocenters. The van der Waals surface area contributed by atoms with Crippen molar-refractivity contribution in [1.82, 2.24) is 15.2 Å². The largest absolute Gasteiger partial charge is 0.482 e. The zero-order valence-corrected chi connectivity index (χ0v) is 18.9. The number of ether oxygens (including phenoxy) is 1. The van der Waals surface area contributed by atoms with Crippen LogP contribution in [0.1, 0.15) is 0 Å². The Morgan fingerprint density at radius 3 is 2.74 bits per heavy atom. The molecule has 1 saturated heterocycles. The van der Waals surface area contributed by atoms with Crippen LogP contribution in [0.25, 0.3) is 10.2 Å². The van der Waals surface area contributed by atoms with Crippen molar-refractivity contribution in [2.45, 2.75) is 0 Å². The SMILES string of the molecule is O=C(COc1ccc(Cl)cc1Cl)NCCN1CCN(c2nc3ccc(F)cc3s2)CC1. The summed E-state index contributed by atoms with van der Waals surface area (Å²) in [5, 5.41) is 4.67. The highest BCUT2D eigenvalue weighted by molar-refractivity contribution is 7.22. The average Bonchev–Trinajstić information content (AvgIpc) is 3.17. The lowest BCUT2D eigenvalue weighted by atomic mass is 10.3. The lowest BCUT2D eigenvalue weighted by Crippen LogP contribution is -2.48. The second kappa shape index (κ2) is 9.99. The third kappa shape index (κ3) is 5.77. The number of benzene rings is 2. The Kier molecular flexibility index (Phi) is 7.12. The third-order valence-corrected chi connectivity index (χ3v) is 6.59. The molecule has 1 fully saturated rings. The van der Waals surface area contributed by atoms with Gasteiger partial charge in [-0.25, -0.2) is 9.37 Å². The van der Waals surface area contributed by atoms with E-state index in [0.717, 1.165) is 48.1 Å². The van der Waals surface area contributed by atoms with E-state index in [-0.39, 0.29) is 18.3 Å². The predicted octanol–water partition coefficient (Wildman–Crippen LogP) is 4.06. The van der Waals surface area contributed by atoms with Crippen molar-refractivity contribution in [1.29, 1.82) is 0 Å². The van der Waals surface area contributed by atoms with Crippen molar-refractivity contribution in [2.24, 2.45) is 0 Å². The quantitative estimate of drug-likeness (QED) is 0.550. The van der Waals surface area contributed by atoms with E-state index < -0.39 is 0 Å². The Morgan fingerprint density at radius 2 is 1.97 bits per heavy atom. The maximum Gasteiger partial charge on any atom is 0.257 e. The minimum Gasteiger partial charge on any atom is -0.482 e. The lowest BCUT2D eigenvalue weighted by Gasteiger charge is -2.34. The van der Waals surface area contributed by atoms with Gasteiger partial charge in [0.15, 0.2) is 11.7 Å². The molecular weight excluding hydrogens is 462 g/mol. The van der Waals surface area contributed by atoms with E-state index in [1.165, 1.54) is 23.5 Å². The van der Waals surface area contributed by atoms with Crippen LogP contribution in [0, 0.1) is 5.82 Å². The van der Waals surface area contributed by atoms with Crippen molar-refractivity contribution in [2.75, 3.05) is 50.8 Å². The van der Waals surface area contributed by atoms with Gasteiger partial charge in [0, 0.05) is 44.3 Å². The molecule has 0 unspecified atom stereocenters. The number of fused-ring (bicyclic) bond motifs is 1. The van der Waals surface area contributed by atoms with Crippen molar-refractivity contribution in [3.63, 3.8) is 0 Å². The van der Waals surface area contributed by atoms with E-state index in [1.807, 2.05) is 0 Å². The minimum absolute atomic E-state index is 0.104. The molecule has 0 bridgehead atoms. The fourth-order valence-corrected chi connectivity index (χ4v) is 4.83. The molecule has 2 heterocycles. The minimum atomic E-state index is -0.240. The zero-order chi connectivity index (χ0) is 21.8. The van der Waals surface area contributed by atoms with Gasteiger partial charge in [-0.15, -0.1) is 0 Å². The third-order valence-electron chi connectivity index (χ3n) is 4.98. The molecule has 164 valence electrons. The van der Waals surface area contributed by atoms with Crippen LogP contribution in [-0.2, 0) is 4.79 Å². The lowest BCUT2D eigenvalue weighted by molar-refractivity contribution is -0.123. The molecule has 1 aromatic heterocycles. The van der Waals surface area contributed by atoms with E-state index in [9.17, 15) is 9.18 Å². The second-order valence-corrected chi connectivity index (χ2v) is 9.00. The van der Waals surface area contributed by atoms with E-state index in [0.29, 0.717) is 22.3 Å². The molecule has 0 saturated carbocycles. The number of halogens is 3. The maximum absolute atomic E-state index is 13.4. The second-order valence-electron chi connectivity index (χ2n) is 7.15. The fraction of sp³-hybridized carbons (Fsp3) is 0.333. The molecule has 0 spiro atoms. The van der Waals surface area contributed by atoms with Crippen LogP contribution in [0.15, 0.2) is 36.4 Å². The molecule has 1 N–H and O–H groups in total. The predicted molar refractivity (Wildman–Crippen MR) is 123 cm³/mol. The topological polar surface area (TPSA) is 57.7 Å². The Bertz CT molecular complexity index is 1070. The number of anilines is 1. The number of carbonyl (C=O) groups excluding carboxylic acids is 1. The summed E-state index contributed by atoms with van der Waals surface area (Å²) in [6.45, 7) is 4.62. The van der Waals surface area contributed by atoms with Crippen LogP contribution in [0.2, 0.25) is 10.0 Å². The van der Waals surface area contributed by atoms with Gasteiger partial charge in [-0.1, -0.05) is 34.5 Å². The van der Waals surface area contributed by atoms with Gasteiger partial charge in [-0.2, -0.15) is 0 Å². The van der Waals surface area contributed by atoms with Crippen LogP contribution in [-0.4, -0.2) is 61.7 Å². The molecule has 0 radical (unpaired) electrons. The molecule has 31 heavy (non-hydrogen) atoms. The Labute approximate surface area is 193 Å². The highest BCUT2D eigenvalue weighted by atomic mass is 35.5. The highest BCUT2D eigenvalue weighted by Gasteiger charge is 2.20. The first kappa shape index (κ1) is 22.1. The van der Waals surface area contributed by atoms with E-state index in [2.05, 4.69) is 20.1 Å². The number of thiazole rings is 1. The van der Waals surface area contributed by atoms with Gasteiger partial charge in [0.25, 0.3) is 5.91 Å². The molecule has 1 amide bonds. The first-order valence-corrected chi connectivity index (χ1v) is 11.4. The number of rotatable bonds is 7. The number of aromatic nitrogens is 1. The monoisotopic (exact) mass is 482 g/mol. The molecular formula is C21H21Cl2FN4O2S. The summed E-state index contributed by atoms with van der Waals surface area (Å²) in [7, 11) is 0. The summed E-state index contributed by atoms with van der Waals surface area (Å²) in [6.07, 6.45) is 0. The van der Waals surface area contributed by atoms with Crippen LogP contribution < -0.4 is 15.0 Å². The first-order chi connectivity index (χ1) is 15.0. The molecule has 2 aromatic carbocycles. The summed E-state index contributed by atoms with van der Waals surface area (Å²) in [4.78, 5) is 21.1. The van der Waals surface area contributed by atoms with Gasteiger partial charge in [0.1, 0.15) is 11.6 Å². The number of hydrogen-bond donors (Lipinski definition) is 1. The van der Waals surface area contributed by atoms with Gasteiger partial charge in [-0.3, -0.25) is 9.69 Å². The standard InChI is InChI=1S/C21H21Cl2FN4O2S/c22-14-1-4-18(16(23)11-14)30-13-20(29)25-5-6-27-7-9-28(10-8-27)21-26-17-3-2-15(24)12-19(17)31-21/h1-4,11-12H,5-10,13H2,(H,25,29). The Morgan fingerprint density at radius 1 is 1.16 bits per heavy atom. The molecule has 1 aliphatic rings. The molecule has 6 nitrogen and oxygen atoms in total. The number of nitrogens with one attached hydrogen (secondary N) is 1. The molecule has 0 aliphatic carbocycles. The Hall–Kier alpha value is -2.13. The van der Waals surface area contributed by atoms with Crippen LogP contribution in [0.3, 0.4) is 0 Å². The molecule has 10 heteroatoms. The van der Waals surface area contributed by atoms with E-state index in [4.69, 9.17) is 27.9 Å². The van der Waals surface area contributed by atoms with Gasteiger partial charge >= 0.3 is 0 Å².